The molecule has 1 aromatic heterocycles. The van der Waals surface area contributed by atoms with Crippen LogP contribution in [0, 0.1) is 0 Å². The van der Waals surface area contributed by atoms with Gasteiger partial charge in [0.15, 0.2) is 0 Å². The first-order valence-electron chi connectivity index (χ1n) is 6.23. The standard InChI is InChI=1S/C13H16BrN5O/c1-9(11-4-2-3-5-12(11)14)16-13(20)8-19-7-10(6-15)17-18-19/h2-5,7,9H,6,8,15H2,1H3,(H,16,20)/t9-/m1/s1. The van der Waals surface area contributed by atoms with E-state index in [9.17, 15) is 4.79 Å². The van der Waals surface area contributed by atoms with Crippen LogP contribution in [0.15, 0.2) is 34.9 Å². The van der Waals surface area contributed by atoms with Crippen molar-refractivity contribution in [2.45, 2.75) is 26.1 Å². The zero-order valence-electron chi connectivity index (χ0n) is 11.1. The summed E-state index contributed by atoms with van der Waals surface area (Å²) in [6, 6.07) is 7.70. The second-order valence-corrected chi connectivity index (χ2v) is 5.28. The Kier molecular flexibility index (Phi) is 4.86. The summed E-state index contributed by atoms with van der Waals surface area (Å²) in [5, 5.41) is 10.6. The summed E-state index contributed by atoms with van der Waals surface area (Å²) in [7, 11) is 0. The summed E-state index contributed by atoms with van der Waals surface area (Å²) in [4.78, 5) is 12.0. The minimum absolute atomic E-state index is 0.0874. The first-order chi connectivity index (χ1) is 9.60. The molecule has 0 spiro atoms. The summed E-state index contributed by atoms with van der Waals surface area (Å²) in [6.45, 7) is 2.38. The number of nitrogens with two attached hydrogens (primary N) is 1. The molecule has 0 unspecified atom stereocenters. The molecule has 7 heteroatoms. The molecule has 1 atom stereocenters. The van der Waals surface area contributed by atoms with E-state index in [0.29, 0.717) is 12.2 Å². The lowest BCUT2D eigenvalue weighted by molar-refractivity contribution is -0.122. The monoisotopic (exact) mass is 337 g/mol. The molecular weight excluding hydrogens is 322 g/mol. The van der Waals surface area contributed by atoms with Crippen LogP contribution in [0.3, 0.4) is 0 Å². The summed E-state index contributed by atoms with van der Waals surface area (Å²) in [6.07, 6.45) is 1.67. The fourth-order valence-corrected chi connectivity index (χ4v) is 2.48. The van der Waals surface area contributed by atoms with Crippen LogP contribution in [0.1, 0.15) is 24.2 Å². The SMILES string of the molecule is C[C@@H](NC(=O)Cn1cc(CN)nn1)c1ccccc1Br. The van der Waals surface area contributed by atoms with Gasteiger partial charge in [-0.2, -0.15) is 0 Å². The van der Waals surface area contributed by atoms with E-state index in [0.717, 1.165) is 10.0 Å². The highest BCUT2D eigenvalue weighted by Crippen LogP contribution is 2.22. The van der Waals surface area contributed by atoms with Gasteiger partial charge in [0, 0.05) is 11.0 Å². The lowest BCUT2D eigenvalue weighted by Crippen LogP contribution is -2.30. The van der Waals surface area contributed by atoms with Gasteiger partial charge in [-0.1, -0.05) is 39.3 Å². The molecule has 0 bridgehead atoms. The van der Waals surface area contributed by atoms with Crippen LogP contribution in [-0.2, 0) is 17.9 Å². The van der Waals surface area contributed by atoms with E-state index in [-0.39, 0.29) is 18.5 Å². The first-order valence-corrected chi connectivity index (χ1v) is 7.02. The average molecular weight is 338 g/mol. The van der Waals surface area contributed by atoms with Crippen molar-refractivity contribution in [3.05, 3.63) is 46.2 Å². The van der Waals surface area contributed by atoms with E-state index in [1.165, 1.54) is 4.68 Å². The number of nitrogens with zero attached hydrogens (tertiary/aromatic N) is 3. The minimum Gasteiger partial charge on any atom is -0.348 e. The Bertz CT molecular complexity index is 598. The molecule has 0 aliphatic rings. The maximum absolute atomic E-state index is 12.0. The second kappa shape index (κ2) is 6.62. The number of nitrogens with one attached hydrogen (secondary N) is 1. The Labute approximate surface area is 125 Å². The lowest BCUT2D eigenvalue weighted by Gasteiger charge is -2.15. The molecule has 0 saturated carbocycles. The molecular formula is C13H16BrN5O. The summed E-state index contributed by atoms with van der Waals surface area (Å²) >= 11 is 3.47. The van der Waals surface area contributed by atoms with Gasteiger partial charge in [0.05, 0.1) is 17.9 Å². The lowest BCUT2D eigenvalue weighted by atomic mass is 10.1. The van der Waals surface area contributed by atoms with Crippen molar-refractivity contribution in [3.63, 3.8) is 0 Å². The van der Waals surface area contributed by atoms with Crippen molar-refractivity contribution in [2.24, 2.45) is 5.73 Å². The van der Waals surface area contributed by atoms with E-state index in [2.05, 4.69) is 31.6 Å². The third-order valence-corrected chi connectivity index (χ3v) is 3.57. The summed E-state index contributed by atoms with van der Waals surface area (Å²) in [5.41, 5.74) is 7.14. The zero-order chi connectivity index (χ0) is 14.5. The van der Waals surface area contributed by atoms with Gasteiger partial charge in [0.1, 0.15) is 6.54 Å². The molecule has 0 aliphatic carbocycles. The van der Waals surface area contributed by atoms with Crippen molar-refractivity contribution in [1.82, 2.24) is 20.3 Å². The molecule has 0 aliphatic heterocycles. The summed E-state index contributed by atoms with van der Waals surface area (Å²) in [5.74, 6) is -0.123. The molecule has 1 amide bonds. The smallest absolute Gasteiger partial charge is 0.242 e. The maximum Gasteiger partial charge on any atom is 0.242 e. The highest BCUT2D eigenvalue weighted by molar-refractivity contribution is 9.10. The number of rotatable bonds is 5. The third kappa shape index (κ3) is 3.64. The quantitative estimate of drug-likeness (QED) is 0.862. The number of aromatic nitrogens is 3. The highest BCUT2D eigenvalue weighted by atomic mass is 79.9. The molecule has 1 aromatic carbocycles. The van der Waals surface area contributed by atoms with Crippen LogP contribution < -0.4 is 11.1 Å². The van der Waals surface area contributed by atoms with Gasteiger partial charge < -0.3 is 11.1 Å². The second-order valence-electron chi connectivity index (χ2n) is 4.42. The van der Waals surface area contributed by atoms with Crippen molar-refractivity contribution < 1.29 is 4.79 Å². The van der Waals surface area contributed by atoms with Gasteiger partial charge in [-0.15, -0.1) is 5.10 Å². The van der Waals surface area contributed by atoms with E-state index >= 15 is 0 Å². The fraction of sp³-hybridized carbons (Fsp3) is 0.308. The molecule has 0 saturated heterocycles. The van der Waals surface area contributed by atoms with Gasteiger partial charge in [-0.25, -0.2) is 4.68 Å². The van der Waals surface area contributed by atoms with Crippen LogP contribution in [0.2, 0.25) is 0 Å². The molecule has 0 fully saturated rings. The van der Waals surface area contributed by atoms with Crippen LogP contribution in [0.4, 0.5) is 0 Å². The van der Waals surface area contributed by atoms with Crippen LogP contribution in [-0.4, -0.2) is 20.9 Å². The number of hydrogen-bond donors (Lipinski definition) is 2. The largest absolute Gasteiger partial charge is 0.348 e. The Morgan fingerprint density at radius 1 is 1.50 bits per heavy atom. The van der Waals surface area contributed by atoms with Gasteiger partial charge >= 0.3 is 0 Å². The number of benzene rings is 1. The Balaban J connectivity index is 1.96. The normalized spacial score (nSPS) is 12.2. The molecule has 106 valence electrons. The molecule has 3 N–H and O–H groups in total. The first kappa shape index (κ1) is 14.7. The molecule has 6 nitrogen and oxygen atoms in total. The molecule has 2 rings (SSSR count). The average Bonchev–Trinajstić information content (AvgIpc) is 2.86. The van der Waals surface area contributed by atoms with Crippen molar-refractivity contribution >= 4 is 21.8 Å². The number of carbonyl (C=O) groups excluding carboxylic acids is 1. The Morgan fingerprint density at radius 2 is 2.25 bits per heavy atom. The van der Waals surface area contributed by atoms with E-state index < -0.39 is 0 Å². The van der Waals surface area contributed by atoms with Gasteiger partial charge in [-0.3, -0.25) is 4.79 Å². The molecule has 20 heavy (non-hydrogen) atoms. The molecule has 1 heterocycles. The Morgan fingerprint density at radius 3 is 2.90 bits per heavy atom. The predicted molar refractivity (Wildman–Crippen MR) is 78.6 cm³/mol. The number of carbonyl (C=O) groups is 1. The van der Waals surface area contributed by atoms with E-state index in [1.807, 2.05) is 31.2 Å². The zero-order valence-corrected chi connectivity index (χ0v) is 12.7. The van der Waals surface area contributed by atoms with Crippen molar-refractivity contribution in [2.75, 3.05) is 0 Å². The van der Waals surface area contributed by atoms with Gasteiger partial charge in [0.2, 0.25) is 5.91 Å². The number of halogens is 1. The van der Waals surface area contributed by atoms with Crippen molar-refractivity contribution in [1.29, 1.82) is 0 Å². The molecule has 0 radical (unpaired) electrons. The van der Waals surface area contributed by atoms with Crippen LogP contribution in [0.5, 0.6) is 0 Å². The maximum atomic E-state index is 12.0. The van der Waals surface area contributed by atoms with Crippen LogP contribution >= 0.6 is 15.9 Å². The third-order valence-electron chi connectivity index (χ3n) is 2.85. The van der Waals surface area contributed by atoms with E-state index in [1.54, 1.807) is 6.20 Å². The van der Waals surface area contributed by atoms with Crippen molar-refractivity contribution in [3.8, 4) is 0 Å². The van der Waals surface area contributed by atoms with Gasteiger partial charge in [-0.05, 0) is 18.6 Å². The highest BCUT2D eigenvalue weighted by Gasteiger charge is 2.12. The van der Waals surface area contributed by atoms with Gasteiger partial charge in [0.25, 0.3) is 0 Å². The number of hydrogen-bond acceptors (Lipinski definition) is 4. The summed E-state index contributed by atoms with van der Waals surface area (Å²) < 4.78 is 2.45. The topological polar surface area (TPSA) is 85.8 Å². The van der Waals surface area contributed by atoms with E-state index in [4.69, 9.17) is 5.73 Å². The minimum atomic E-state index is -0.123. The Hall–Kier alpha value is -1.73. The van der Waals surface area contributed by atoms with Crippen LogP contribution in [0.25, 0.3) is 0 Å². The number of amides is 1. The predicted octanol–water partition coefficient (Wildman–Crippen LogP) is 1.38. The molecule has 2 aromatic rings. The fourth-order valence-electron chi connectivity index (χ4n) is 1.85.